The van der Waals surface area contributed by atoms with Gasteiger partial charge in [0.25, 0.3) is 0 Å². The molecular formula is C27H33F3N4O2. The molecule has 0 radical (unpaired) electrons. The van der Waals surface area contributed by atoms with Crippen LogP contribution in [0.2, 0.25) is 0 Å². The summed E-state index contributed by atoms with van der Waals surface area (Å²) < 4.78 is 46.5. The zero-order valence-corrected chi connectivity index (χ0v) is 20.8. The molecule has 2 aromatic carbocycles. The van der Waals surface area contributed by atoms with Crippen LogP contribution in [-0.2, 0) is 6.54 Å². The third kappa shape index (κ3) is 7.48. The molecule has 6 nitrogen and oxygen atoms in total. The van der Waals surface area contributed by atoms with E-state index in [1.54, 1.807) is 12.1 Å². The molecule has 0 atom stereocenters. The second kappa shape index (κ2) is 11.8. The molecule has 1 saturated heterocycles. The standard InChI is InChI=1S/C27H33F3N4O2/c1-3-32(13-4-14-33-15-17-34(18-16-33)23-9-5-21(2)6-10-23)20-25-19-26(31-36-25)22-7-11-24(12-8-22)35-27(28,29)30/h5-12,19H,3-4,13-18,20H2,1-2H3. The molecule has 0 N–H and O–H groups in total. The molecule has 0 amide bonds. The molecule has 1 aliphatic rings. The van der Waals surface area contributed by atoms with E-state index >= 15 is 0 Å². The van der Waals surface area contributed by atoms with Crippen molar-refractivity contribution in [1.82, 2.24) is 15.0 Å². The summed E-state index contributed by atoms with van der Waals surface area (Å²) in [4.78, 5) is 7.29. The number of nitrogens with zero attached hydrogens (tertiary/aromatic N) is 4. The Balaban J connectivity index is 1.20. The third-order valence-corrected chi connectivity index (χ3v) is 6.49. The number of halogens is 3. The van der Waals surface area contributed by atoms with E-state index in [-0.39, 0.29) is 5.75 Å². The van der Waals surface area contributed by atoms with Crippen LogP contribution in [0.5, 0.6) is 5.75 Å². The van der Waals surface area contributed by atoms with Gasteiger partial charge in [0.15, 0.2) is 5.76 Å². The minimum atomic E-state index is -4.71. The van der Waals surface area contributed by atoms with Crippen LogP contribution in [0.1, 0.15) is 24.7 Å². The number of anilines is 1. The van der Waals surface area contributed by atoms with Crippen molar-refractivity contribution in [3.05, 3.63) is 65.9 Å². The van der Waals surface area contributed by atoms with Crippen LogP contribution in [0.3, 0.4) is 0 Å². The second-order valence-electron chi connectivity index (χ2n) is 9.14. The van der Waals surface area contributed by atoms with E-state index in [1.807, 2.05) is 6.07 Å². The summed E-state index contributed by atoms with van der Waals surface area (Å²) in [5, 5.41) is 4.09. The number of hydrogen-bond acceptors (Lipinski definition) is 6. The molecule has 1 aliphatic heterocycles. The number of ether oxygens (including phenoxy) is 1. The summed E-state index contributed by atoms with van der Waals surface area (Å²) in [6.45, 7) is 12.0. The first-order valence-electron chi connectivity index (χ1n) is 12.4. The number of hydrogen-bond donors (Lipinski definition) is 0. The van der Waals surface area contributed by atoms with Crippen LogP contribution < -0.4 is 9.64 Å². The van der Waals surface area contributed by atoms with Crippen molar-refractivity contribution in [2.45, 2.75) is 33.2 Å². The Hall–Kier alpha value is -3.04. The van der Waals surface area contributed by atoms with Gasteiger partial charge in [-0.15, -0.1) is 13.2 Å². The highest BCUT2D eigenvalue weighted by molar-refractivity contribution is 5.59. The van der Waals surface area contributed by atoms with Crippen LogP contribution in [-0.4, -0.2) is 67.1 Å². The molecule has 1 fully saturated rings. The molecule has 0 unspecified atom stereocenters. The largest absolute Gasteiger partial charge is 0.573 e. The van der Waals surface area contributed by atoms with Crippen molar-refractivity contribution in [3.8, 4) is 17.0 Å². The van der Waals surface area contributed by atoms with Gasteiger partial charge in [-0.2, -0.15) is 0 Å². The smallest absolute Gasteiger partial charge is 0.406 e. The number of piperazine rings is 1. The topological polar surface area (TPSA) is 45.0 Å². The highest BCUT2D eigenvalue weighted by Gasteiger charge is 2.31. The highest BCUT2D eigenvalue weighted by atomic mass is 19.4. The van der Waals surface area contributed by atoms with E-state index in [1.165, 1.54) is 23.4 Å². The maximum Gasteiger partial charge on any atom is 0.573 e. The summed E-state index contributed by atoms with van der Waals surface area (Å²) >= 11 is 0. The van der Waals surface area contributed by atoms with Gasteiger partial charge in [0, 0.05) is 43.5 Å². The predicted octanol–water partition coefficient (Wildman–Crippen LogP) is 5.58. The number of alkyl halides is 3. The van der Waals surface area contributed by atoms with Gasteiger partial charge in [-0.05, 0) is 69.4 Å². The minimum Gasteiger partial charge on any atom is -0.406 e. The van der Waals surface area contributed by atoms with Gasteiger partial charge in [0.05, 0.1) is 6.54 Å². The zero-order valence-electron chi connectivity index (χ0n) is 20.8. The lowest BCUT2D eigenvalue weighted by Gasteiger charge is -2.36. The van der Waals surface area contributed by atoms with E-state index in [0.29, 0.717) is 17.8 Å². The summed E-state index contributed by atoms with van der Waals surface area (Å²) in [5.41, 5.74) is 3.85. The Morgan fingerprint density at radius 1 is 1.00 bits per heavy atom. The molecule has 194 valence electrons. The predicted molar refractivity (Wildman–Crippen MR) is 134 cm³/mol. The maximum atomic E-state index is 12.3. The molecule has 2 heterocycles. The van der Waals surface area contributed by atoms with E-state index in [9.17, 15) is 13.2 Å². The van der Waals surface area contributed by atoms with Crippen molar-refractivity contribution in [2.75, 3.05) is 50.7 Å². The van der Waals surface area contributed by atoms with Gasteiger partial charge in [-0.3, -0.25) is 9.80 Å². The van der Waals surface area contributed by atoms with Crippen molar-refractivity contribution in [2.24, 2.45) is 0 Å². The molecule has 1 aromatic heterocycles. The first-order valence-corrected chi connectivity index (χ1v) is 12.4. The van der Waals surface area contributed by atoms with Crippen molar-refractivity contribution >= 4 is 5.69 Å². The molecule has 36 heavy (non-hydrogen) atoms. The minimum absolute atomic E-state index is 0.260. The van der Waals surface area contributed by atoms with Gasteiger partial charge in [0.1, 0.15) is 11.4 Å². The molecule has 0 aliphatic carbocycles. The van der Waals surface area contributed by atoms with Crippen LogP contribution in [0.15, 0.2) is 59.1 Å². The lowest BCUT2D eigenvalue weighted by molar-refractivity contribution is -0.274. The van der Waals surface area contributed by atoms with Crippen molar-refractivity contribution in [1.29, 1.82) is 0 Å². The van der Waals surface area contributed by atoms with Crippen molar-refractivity contribution in [3.63, 3.8) is 0 Å². The molecule has 0 bridgehead atoms. The summed E-state index contributed by atoms with van der Waals surface area (Å²) in [6.07, 6.45) is -3.64. The van der Waals surface area contributed by atoms with E-state index < -0.39 is 6.36 Å². The molecule has 0 spiro atoms. The third-order valence-electron chi connectivity index (χ3n) is 6.49. The lowest BCUT2D eigenvalue weighted by atomic mass is 10.1. The van der Waals surface area contributed by atoms with Gasteiger partial charge in [-0.1, -0.05) is 29.8 Å². The quantitative estimate of drug-likeness (QED) is 0.361. The molecule has 0 saturated carbocycles. The fraction of sp³-hybridized carbons (Fsp3) is 0.444. The molecular weight excluding hydrogens is 469 g/mol. The SMILES string of the molecule is CCN(CCCN1CCN(c2ccc(C)cc2)CC1)Cc1cc(-c2ccc(OC(F)(F)F)cc2)no1. The fourth-order valence-corrected chi connectivity index (χ4v) is 4.42. The van der Waals surface area contributed by atoms with E-state index in [0.717, 1.165) is 58.0 Å². The van der Waals surface area contributed by atoms with Gasteiger partial charge in [-0.25, -0.2) is 0 Å². The molecule has 4 rings (SSSR count). The Bertz CT molecular complexity index is 1080. The summed E-state index contributed by atoms with van der Waals surface area (Å²) in [7, 11) is 0. The first kappa shape index (κ1) is 26.0. The normalized spacial score (nSPS) is 15.0. The maximum absolute atomic E-state index is 12.3. The number of rotatable bonds is 10. The zero-order chi connectivity index (χ0) is 25.5. The van der Waals surface area contributed by atoms with Crippen LogP contribution in [0.4, 0.5) is 18.9 Å². The first-order chi connectivity index (χ1) is 17.3. The molecule has 9 heteroatoms. The number of aryl methyl sites for hydroxylation is 1. The highest BCUT2D eigenvalue weighted by Crippen LogP contribution is 2.26. The Morgan fingerprint density at radius 2 is 1.69 bits per heavy atom. The van der Waals surface area contributed by atoms with Gasteiger partial charge >= 0.3 is 6.36 Å². The van der Waals surface area contributed by atoms with Crippen molar-refractivity contribution < 1.29 is 22.4 Å². The average Bonchev–Trinajstić information content (AvgIpc) is 3.32. The van der Waals surface area contributed by atoms with Crippen LogP contribution in [0.25, 0.3) is 11.3 Å². The summed E-state index contributed by atoms with van der Waals surface area (Å²) in [5.74, 6) is 0.470. The van der Waals surface area contributed by atoms with E-state index in [4.69, 9.17) is 4.52 Å². The Morgan fingerprint density at radius 3 is 2.33 bits per heavy atom. The average molecular weight is 503 g/mol. The Kier molecular flexibility index (Phi) is 8.53. The Labute approximate surface area is 210 Å². The van der Waals surface area contributed by atoms with E-state index in [2.05, 4.69) is 62.7 Å². The molecule has 3 aromatic rings. The number of aromatic nitrogens is 1. The number of benzene rings is 2. The van der Waals surface area contributed by atoms with Gasteiger partial charge in [0.2, 0.25) is 0 Å². The second-order valence-corrected chi connectivity index (χ2v) is 9.14. The lowest BCUT2D eigenvalue weighted by Crippen LogP contribution is -2.47. The fourth-order valence-electron chi connectivity index (χ4n) is 4.42. The van der Waals surface area contributed by atoms with Crippen LogP contribution >= 0.6 is 0 Å². The monoisotopic (exact) mass is 502 g/mol. The van der Waals surface area contributed by atoms with Gasteiger partial charge < -0.3 is 14.2 Å². The van der Waals surface area contributed by atoms with Crippen LogP contribution in [0, 0.1) is 6.92 Å². The summed E-state index contributed by atoms with van der Waals surface area (Å²) in [6, 6.07) is 16.2.